The fraction of sp³-hybridized carbons (Fsp3) is 0.400. The van der Waals surface area contributed by atoms with Crippen LogP contribution < -0.4 is 4.90 Å². The average Bonchev–Trinajstić information content (AvgIpc) is 2.68. The molecule has 1 aromatic heterocycles. The van der Waals surface area contributed by atoms with Crippen molar-refractivity contribution in [1.29, 1.82) is 0 Å². The first-order valence-electron chi connectivity index (χ1n) is 9.18. The molecular formula is C20H21F3N4O. The van der Waals surface area contributed by atoms with Crippen molar-refractivity contribution in [2.24, 2.45) is 4.99 Å². The lowest BCUT2D eigenvalue weighted by atomic mass is 10.1. The zero-order chi connectivity index (χ0) is 19.7. The highest BCUT2D eigenvalue weighted by molar-refractivity contribution is 5.88. The molecule has 4 rings (SSSR count). The molecule has 1 saturated heterocycles. The highest BCUT2D eigenvalue weighted by Gasteiger charge is 2.37. The first-order valence-corrected chi connectivity index (χ1v) is 9.18. The van der Waals surface area contributed by atoms with Crippen LogP contribution >= 0.6 is 0 Å². The van der Waals surface area contributed by atoms with Crippen LogP contribution in [0, 0.1) is 0 Å². The minimum atomic E-state index is -4.41. The van der Waals surface area contributed by atoms with Gasteiger partial charge in [0.05, 0.1) is 18.8 Å². The van der Waals surface area contributed by atoms with Crippen LogP contribution in [-0.4, -0.2) is 48.2 Å². The summed E-state index contributed by atoms with van der Waals surface area (Å²) >= 11 is 0. The minimum absolute atomic E-state index is 0.0613. The monoisotopic (exact) mass is 390 g/mol. The van der Waals surface area contributed by atoms with Crippen molar-refractivity contribution in [1.82, 2.24) is 9.88 Å². The van der Waals surface area contributed by atoms with Crippen molar-refractivity contribution < 1.29 is 17.9 Å². The van der Waals surface area contributed by atoms with E-state index in [2.05, 4.69) is 14.9 Å². The molecule has 3 heterocycles. The largest absolute Gasteiger partial charge is 0.416 e. The molecule has 2 aromatic rings. The number of ether oxygens (including phenoxy) is 1. The summed E-state index contributed by atoms with van der Waals surface area (Å²) in [4.78, 5) is 13.1. The van der Waals surface area contributed by atoms with Gasteiger partial charge >= 0.3 is 6.18 Å². The quantitative estimate of drug-likeness (QED) is 0.804. The van der Waals surface area contributed by atoms with Crippen molar-refractivity contribution in [2.45, 2.75) is 32.0 Å². The van der Waals surface area contributed by atoms with Gasteiger partial charge in [-0.25, -0.2) is 4.98 Å². The molecule has 0 spiro atoms. The van der Waals surface area contributed by atoms with E-state index in [1.54, 1.807) is 24.5 Å². The lowest BCUT2D eigenvalue weighted by Gasteiger charge is -2.44. The molecule has 2 aliphatic rings. The van der Waals surface area contributed by atoms with Gasteiger partial charge in [-0.1, -0.05) is 18.2 Å². The molecule has 28 heavy (non-hydrogen) atoms. The molecule has 8 heteroatoms. The molecule has 1 fully saturated rings. The van der Waals surface area contributed by atoms with Crippen molar-refractivity contribution in [3.63, 3.8) is 0 Å². The molecule has 2 aliphatic heterocycles. The lowest BCUT2D eigenvalue weighted by molar-refractivity contribution is -0.138. The molecule has 0 N–H and O–H groups in total. The van der Waals surface area contributed by atoms with Crippen LogP contribution in [0.25, 0.3) is 0 Å². The van der Waals surface area contributed by atoms with E-state index >= 15 is 0 Å². The lowest BCUT2D eigenvalue weighted by Crippen LogP contribution is -2.56. The first-order chi connectivity index (χ1) is 13.4. The van der Waals surface area contributed by atoms with Gasteiger partial charge in [0.2, 0.25) is 0 Å². The zero-order valence-corrected chi connectivity index (χ0v) is 15.4. The third kappa shape index (κ3) is 3.62. The maximum atomic E-state index is 13.5. The van der Waals surface area contributed by atoms with Gasteiger partial charge in [-0.2, -0.15) is 13.2 Å². The van der Waals surface area contributed by atoms with E-state index in [0.717, 1.165) is 11.6 Å². The molecule has 148 valence electrons. The van der Waals surface area contributed by atoms with Crippen molar-refractivity contribution >= 4 is 12.0 Å². The summed E-state index contributed by atoms with van der Waals surface area (Å²) in [7, 11) is 0. The molecule has 0 bridgehead atoms. The van der Waals surface area contributed by atoms with E-state index in [9.17, 15) is 13.2 Å². The number of rotatable bonds is 3. The smallest absolute Gasteiger partial charge is 0.379 e. The van der Waals surface area contributed by atoms with Gasteiger partial charge in [-0.05, 0) is 30.7 Å². The highest BCUT2D eigenvalue weighted by atomic mass is 19.4. The van der Waals surface area contributed by atoms with Crippen LogP contribution in [0.2, 0.25) is 0 Å². The van der Waals surface area contributed by atoms with Gasteiger partial charge < -0.3 is 9.64 Å². The van der Waals surface area contributed by atoms with E-state index < -0.39 is 18.0 Å². The summed E-state index contributed by atoms with van der Waals surface area (Å²) in [5, 5.41) is 0. The number of fused-ring (bicyclic) bond motifs is 1. The second-order valence-corrected chi connectivity index (χ2v) is 6.99. The number of morpholine rings is 1. The van der Waals surface area contributed by atoms with Crippen molar-refractivity contribution in [3.8, 4) is 0 Å². The number of hydrogen-bond acceptors (Lipinski definition) is 5. The van der Waals surface area contributed by atoms with Crippen molar-refractivity contribution in [3.05, 3.63) is 59.3 Å². The molecular weight excluding hydrogens is 369 g/mol. The van der Waals surface area contributed by atoms with Crippen LogP contribution in [0.1, 0.15) is 23.6 Å². The predicted octanol–water partition coefficient (Wildman–Crippen LogP) is 3.54. The van der Waals surface area contributed by atoms with Crippen LogP contribution in [0.5, 0.6) is 0 Å². The summed E-state index contributed by atoms with van der Waals surface area (Å²) in [6.45, 7) is 3.88. The zero-order valence-electron chi connectivity index (χ0n) is 15.4. The predicted molar refractivity (Wildman–Crippen MR) is 100 cm³/mol. The third-order valence-corrected chi connectivity index (χ3v) is 5.09. The molecule has 0 aliphatic carbocycles. The number of anilines is 1. The summed E-state index contributed by atoms with van der Waals surface area (Å²) < 4.78 is 46.1. The summed E-state index contributed by atoms with van der Waals surface area (Å²) in [5.41, 5.74) is 0.370. The van der Waals surface area contributed by atoms with Gasteiger partial charge in [0.15, 0.2) is 6.29 Å². The molecule has 1 unspecified atom stereocenters. The molecule has 0 radical (unpaired) electrons. The Bertz CT molecular complexity index is 871. The molecule has 2 atom stereocenters. The molecule has 1 aromatic carbocycles. The Morgan fingerprint density at radius 2 is 2.00 bits per heavy atom. The van der Waals surface area contributed by atoms with E-state index in [-0.39, 0.29) is 18.2 Å². The third-order valence-electron chi connectivity index (χ3n) is 5.09. The maximum absolute atomic E-state index is 13.5. The van der Waals surface area contributed by atoms with Crippen LogP contribution in [0.4, 0.5) is 19.0 Å². The number of benzene rings is 1. The van der Waals surface area contributed by atoms with Gasteiger partial charge in [0, 0.05) is 37.1 Å². The second-order valence-electron chi connectivity index (χ2n) is 6.99. The van der Waals surface area contributed by atoms with Crippen molar-refractivity contribution in [2.75, 3.05) is 24.7 Å². The van der Waals surface area contributed by atoms with E-state index in [4.69, 9.17) is 4.74 Å². The van der Waals surface area contributed by atoms with Gasteiger partial charge in [0.1, 0.15) is 5.82 Å². The molecule has 0 saturated carbocycles. The number of alkyl halides is 3. The minimum Gasteiger partial charge on any atom is -0.379 e. The van der Waals surface area contributed by atoms with Gasteiger partial charge in [-0.3, -0.25) is 9.89 Å². The van der Waals surface area contributed by atoms with E-state index in [1.807, 2.05) is 17.9 Å². The summed E-state index contributed by atoms with van der Waals surface area (Å²) in [6.07, 6.45) is -1.44. The van der Waals surface area contributed by atoms with Crippen LogP contribution in [0.15, 0.2) is 47.6 Å². The van der Waals surface area contributed by atoms with E-state index in [0.29, 0.717) is 25.6 Å². The second kappa shape index (κ2) is 7.52. The number of nitrogens with zero attached hydrogens (tertiary/aromatic N) is 4. The number of aromatic nitrogens is 1. The number of pyridine rings is 1. The van der Waals surface area contributed by atoms with Gasteiger partial charge in [0.25, 0.3) is 0 Å². The molecule has 0 amide bonds. The highest BCUT2D eigenvalue weighted by Crippen LogP contribution is 2.35. The Kier molecular flexibility index (Phi) is 5.07. The summed E-state index contributed by atoms with van der Waals surface area (Å²) in [6, 6.07) is 9.44. The van der Waals surface area contributed by atoms with Gasteiger partial charge in [-0.15, -0.1) is 0 Å². The SMILES string of the molecule is CC1COCCN1[C@H]1N=Cc2cccnc2N1Cc1ccccc1C(F)(F)F. The Labute approximate surface area is 161 Å². The Morgan fingerprint density at radius 1 is 1.18 bits per heavy atom. The van der Waals surface area contributed by atoms with Crippen LogP contribution in [0.3, 0.4) is 0 Å². The Morgan fingerprint density at radius 3 is 2.79 bits per heavy atom. The summed E-state index contributed by atoms with van der Waals surface area (Å²) in [5.74, 6) is 0.637. The Balaban J connectivity index is 1.74. The topological polar surface area (TPSA) is 41.0 Å². The molecule has 5 nitrogen and oxygen atoms in total. The number of hydrogen-bond donors (Lipinski definition) is 0. The first kappa shape index (κ1) is 18.9. The van der Waals surface area contributed by atoms with Crippen LogP contribution in [-0.2, 0) is 17.5 Å². The van der Waals surface area contributed by atoms with E-state index in [1.165, 1.54) is 12.1 Å². The number of halogens is 3. The fourth-order valence-electron chi connectivity index (χ4n) is 3.71. The maximum Gasteiger partial charge on any atom is 0.416 e. The standard InChI is InChI=1S/C20H21F3N4O/c1-14-13-28-10-9-26(14)19-25-11-15-6-4-8-24-18(15)27(19)12-16-5-2-3-7-17(16)20(21,22)23/h2-8,11,14,19H,9-10,12-13H2,1H3/t14?,19-/m1/s1. The number of aliphatic imine (C=N–C) groups is 1. The normalized spacial score (nSPS) is 22.9. The fourth-order valence-corrected chi connectivity index (χ4v) is 3.71. The Hall–Kier alpha value is -2.45. The average molecular weight is 390 g/mol.